The van der Waals surface area contributed by atoms with Crippen molar-refractivity contribution in [2.45, 2.75) is 6.18 Å². The van der Waals surface area contributed by atoms with Gasteiger partial charge < -0.3 is 5.32 Å². The van der Waals surface area contributed by atoms with Crippen LogP contribution in [0.1, 0.15) is 21.5 Å². The van der Waals surface area contributed by atoms with E-state index in [1.165, 1.54) is 35.7 Å². The fraction of sp³-hybridized carbons (Fsp3) is 0.0625. The van der Waals surface area contributed by atoms with E-state index in [0.717, 1.165) is 0 Å². The van der Waals surface area contributed by atoms with Crippen LogP contribution in [0.25, 0.3) is 6.08 Å². The van der Waals surface area contributed by atoms with Crippen LogP contribution >= 0.6 is 0 Å². The van der Waals surface area contributed by atoms with Gasteiger partial charge in [0.05, 0.1) is 0 Å². The highest BCUT2D eigenvalue weighted by atomic mass is 19.4. The molecule has 0 saturated carbocycles. The van der Waals surface area contributed by atoms with Crippen molar-refractivity contribution in [2.24, 2.45) is 0 Å². The minimum Gasteiger partial charge on any atom is -0.317 e. The number of alkyl halides is 3. The Morgan fingerprint density at radius 1 is 0.920 bits per heavy atom. The first-order chi connectivity index (χ1) is 11.6. The molecular weight excluding hydrogens is 355 g/mol. The topological polar surface area (TPSA) is 29.1 Å². The second kappa shape index (κ2) is 6.58. The molecule has 2 rings (SSSR count). The summed E-state index contributed by atoms with van der Waals surface area (Å²) in [4.78, 5) is 11.9. The lowest BCUT2D eigenvalue weighted by Gasteiger charge is -2.14. The Hall–Kier alpha value is -2.84. The molecule has 0 fully saturated rings. The molecule has 0 aliphatic carbocycles. The van der Waals surface area contributed by atoms with Gasteiger partial charge in [0.15, 0.2) is 23.3 Å². The minimum atomic E-state index is -5.65. The van der Waals surface area contributed by atoms with Crippen LogP contribution in [-0.4, -0.2) is 5.91 Å². The van der Waals surface area contributed by atoms with Gasteiger partial charge in [0.1, 0.15) is 11.3 Å². The normalized spacial score (nSPS) is 11.3. The summed E-state index contributed by atoms with van der Waals surface area (Å²) in [5, 5.41) is 1.53. The zero-order valence-electron chi connectivity index (χ0n) is 12.1. The van der Waals surface area contributed by atoms with Crippen molar-refractivity contribution < 1.29 is 35.5 Å². The van der Waals surface area contributed by atoms with E-state index < -0.39 is 46.6 Å². The number of carbonyl (C=O) groups excluding carboxylic acids is 1. The maximum absolute atomic E-state index is 13.7. The van der Waals surface area contributed by atoms with E-state index in [4.69, 9.17) is 0 Å². The van der Waals surface area contributed by atoms with Crippen LogP contribution in [0.4, 0.5) is 36.4 Å². The first-order valence-electron chi connectivity index (χ1n) is 6.55. The summed E-state index contributed by atoms with van der Waals surface area (Å²) in [6.45, 7) is 3.47. The zero-order valence-corrected chi connectivity index (χ0v) is 12.1. The van der Waals surface area contributed by atoms with E-state index in [2.05, 4.69) is 6.58 Å². The molecule has 0 bridgehead atoms. The molecule has 0 saturated heterocycles. The lowest BCUT2D eigenvalue weighted by molar-refractivity contribution is -0.143. The number of anilines is 1. The fourth-order valence-corrected chi connectivity index (χ4v) is 1.95. The van der Waals surface area contributed by atoms with Crippen LogP contribution in [0, 0.1) is 23.3 Å². The first kappa shape index (κ1) is 18.5. The van der Waals surface area contributed by atoms with Gasteiger partial charge in [0.2, 0.25) is 0 Å². The molecule has 0 unspecified atom stereocenters. The Kier molecular flexibility index (Phi) is 4.87. The average molecular weight is 363 g/mol. The molecule has 0 aliphatic rings. The smallest absolute Gasteiger partial charge is 0.317 e. The number of halogens is 7. The van der Waals surface area contributed by atoms with Crippen LogP contribution in [0.5, 0.6) is 0 Å². The Bertz CT molecular complexity index is 812. The van der Waals surface area contributed by atoms with Crippen LogP contribution < -0.4 is 5.32 Å². The van der Waals surface area contributed by atoms with Gasteiger partial charge in [0, 0.05) is 5.56 Å². The van der Waals surface area contributed by atoms with E-state index in [1.807, 2.05) is 0 Å². The second-order valence-corrected chi connectivity index (χ2v) is 4.78. The van der Waals surface area contributed by atoms with E-state index in [9.17, 15) is 35.5 Å². The zero-order chi connectivity index (χ0) is 18.9. The summed E-state index contributed by atoms with van der Waals surface area (Å²) in [7, 11) is 0. The summed E-state index contributed by atoms with van der Waals surface area (Å²) in [5.41, 5.74) is -3.90. The van der Waals surface area contributed by atoms with Gasteiger partial charge >= 0.3 is 6.18 Å². The van der Waals surface area contributed by atoms with Crippen molar-refractivity contribution >= 4 is 17.7 Å². The van der Waals surface area contributed by atoms with E-state index in [-0.39, 0.29) is 5.56 Å². The molecule has 132 valence electrons. The van der Waals surface area contributed by atoms with Crippen molar-refractivity contribution in [1.29, 1.82) is 0 Å². The fourth-order valence-electron chi connectivity index (χ4n) is 1.95. The predicted octanol–water partition coefficient (Wildman–Crippen LogP) is 5.16. The highest BCUT2D eigenvalue weighted by molar-refractivity contribution is 6.04. The number of amides is 1. The molecule has 0 atom stereocenters. The average Bonchev–Trinajstić information content (AvgIpc) is 2.55. The molecule has 2 aromatic carbocycles. The van der Waals surface area contributed by atoms with E-state index >= 15 is 0 Å². The lowest BCUT2D eigenvalue weighted by Crippen LogP contribution is -2.20. The highest BCUT2D eigenvalue weighted by Crippen LogP contribution is 2.38. The Morgan fingerprint density at radius 3 is 1.80 bits per heavy atom. The van der Waals surface area contributed by atoms with Gasteiger partial charge in [-0.2, -0.15) is 13.2 Å². The molecule has 0 aliphatic heterocycles. The number of nitrogens with one attached hydrogen (secondary N) is 1. The van der Waals surface area contributed by atoms with Crippen LogP contribution in [0.15, 0.2) is 30.8 Å². The summed E-state index contributed by atoms with van der Waals surface area (Å²) >= 11 is 0. The van der Waals surface area contributed by atoms with Crippen LogP contribution in [-0.2, 0) is 6.18 Å². The van der Waals surface area contributed by atoms with Crippen molar-refractivity contribution in [3.63, 3.8) is 0 Å². The molecule has 0 aromatic heterocycles. The minimum absolute atomic E-state index is 0.148. The molecular formula is C16H8F7NO. The third-order valence-electron chi connectivity index (χ3n) is 3.19. The Labute approximate surface area is 136 Å². The van der Waals surface area contributed by atoms with Gasteiger partial charge in [0.25, 0.3) is 5.91 Å². The number of hydrogen-bond donors (Lipinski definition) is 1. The SMILES string of the molecule is C=Cc1ccc(C(=O)Nc2c(F)c(F)c(C(F)(F)F)c(F)c2F)cc1. The Morgan fingerprint density at radius 2 is 1.40 bits per heavy atom. The maximum atomic E-state index is 13.7. The highest BCUT2D eigenvalue weighted by Gasteiger charge is 2.42. The third-order valence-corrected chi connectivity index (χ3v) is 3.19. The number of hydrogen-bond acceptors (Lipinski definition) is 1. The summed E-state index contributed by atoms with van der Waals surface area (Å²) in [5.74, 6) is -11.2. The number of carbonyl (C=O) groups is 1. The summed E-state index contributed by atoms with van der Waals surface area (Å²) in [6.07, 6.45) is -4.21. The van der Waals surface area contributed by atoms with Crippen molar-refractivity contribution in [3.8, 4) is 0 Å². The Balaban J connectivity index is 2.46. The van der Waals surface area contributed by atoms with Crippen LogP contribution in [0.3, 0.4) is 0 Å². The quantitative estimate of drug-likeness (QED) is 0.593. The molecule has 2 aromatic rings. The first-order valence-corrected chi connectivity index (χ1v) is 6.55. The molecule has 9 heteroatoms. The summed E-state index contributed by atoms with van der Waals surface area (Å²) in [6, 6.07) is 5.28. The molecule has 25 heavy (non-hydrogen) atoms. The molecule has 0 radical (unpaired) electrons. The van der Waals surface area contributed by atoms with Crippen LogP contribution in [0.2, 0.25) is 0 Å². The van der Waals surface area contributed by atoms with Gasteiger partial charge in [-0.25, -0.2) is 17.6 Å². The number of benzene rings is 2. The number of rotatable bonds is 3. The van der Waals surface area contributed by atoms with Crippen molar-refractivity contribution in [2.75, 3.05) is 5.32 Å². The van der Waals surface area contributed by atoms with Crippen molar-refractivity contribution in [3.05, 3.63) is 70.8 Å². The van der Waals surface area contributed by atoms with Gasteiger partial charge in [-0.3, -0.25) is 4.79 Å². The van der Waals surface area contributed by atoms with Gasteiger partial charge in [-0.05, 0) is 17.7 Å². The second-order valence-electron chi connectivity index (χ2n) is 4.78. The summed E-state index contributed by atoms with van der Waals surface area (Å²) < 4.78 is 91.9. The van der Waals surface area contributed by atoms with E-state index in [1.54, 1.807) is 0 Å². The molecule has 2 nitrogen and oxygen atoms in total. The third kappa shape index (κ3) is 3.49. The van der Waals surface area contributed by atoms with Gasteiger partial charge in [-0.1, -0.05) is 24.8 Å². The largest absolute Gasteiger partial charge is 0.422 e. The molecule has 0 spiro atoms. The van der Waals surface area contributed by atoms with E-state index in [0.29, 0.717) is 5.56 Å². The molecule has 1 amide bonds. The molecule has 0 heterocycles. The van der Waals surface area contributed by atoms with Crippen molar-refractivity contribution in [1.82, 2.24) is 0 Å². The predicted molar refractivity (Wildman–Crippen MR) is 75.8 cm³/mol. The monoisotopic (exact) mass is 363 g/mol. The lowest BCUT2D eigenvalue weighted by atomic mass is 10.1. The maximum Gasteiger partial charge on any atom is 0.422 e. The molecule has 1 N–H and O–H groups in total. The standard InChI is InChI=1S/C16H8F7NO/c1-2-7-3-5-8(6-4-7)15(25)24-14-12(19)10(17)9(16(21,22)23)11(18)13(14)20/h2-6H,1H2,(H,24,25). The van der Waals surface area contributed by atoms with Gasteiger partial charge in [-0.15, -0.1) is 0 Å².